The predicted molar refractivity (Wildman–Crippen MR) is 60.3 cm³/mol. The standard InChI is InChI=1S/C12H8F6N2O2/c13-11(14,15)5-10(20,9(21)22)7-2-1-6(4-19)8(3-7)12(16,17)18/h1-3H,5,20H2,(H,21,22). The number of halogens is 6. The highest BCUT2D eigenvalue weighted by molar-refractivity contribution is 5.80. The summed E-state index contributed by atoms with van der Waals surface area (Å²) in [6.07, 6.45) is -12.1. The van der Waals surface area contributed by atoms with Crippen molar-refractivity contribution in [2.24, 2.45) is 5.73 Å². The Labute approximate surface area is 119 Å². The van der Waals surface area contributed by atoms with Gasteiger partial charge in [0.25, 0.3) is 0 Å². The number of carbonyl (C=O) groups is 1. The quantitative estimate of drug-likeness (QED) is 0.836. The highest BCUT2D eigenvalue weighted by Crippen LogP contribution is 2.37. The van der Waals surface area contributed by atoms with Crippen molar-refractivity contribution in [2.75, 3.05) is 0 Å². The fraction of sp³-hybridized carbons (Fsp3) is 0.333. The number of aliphatic carboxylic acids is 1. The Morgan fingerprint density at radius 1 is 1.23 bits per heavy atom. The van der Waals surface area contributed by atoms with E-state index >= 15 is 0 Å². The van der Waals surface area contributed by atoms with E-state index < -0.39 is 47.0 Å². The molecule has 10 heteroatoms. The number of carboxylic acids is 1. The summed E-state index contributed by atoms with van der Waals surface area (Å²) in [6, 6.07) is 2.62. The normalized spacial score (nSPS) is 15.0. The fourth-order valence-corrected chi connectivity index (χ4v) is 1.77. The molecule has 4 nitrogen and oxygen atoms in total. The second kappa shape index (κ2) is 5.49. The van der Waals surface area contributed by atoms with Crippen LogP contribution in [0.15, 0.2) is 18.2 Å². The van der Waals surface area contributed by atoms with Gasteiger partial charge in [-0.1, -0.05) is 6.07 Å². The minimum Gasteiger partial charge on any atom is -0.480 e. The molecule has 22 heavy (non-hydrogen) atoms. The molecule has 1 aromatic rings. The maximum absolute atomic E-state index is 12.8. The van der Waals surface area contributed by atoms with Crippen LogP contribution in [0.3, 0.4) is 0 Å². The van der Waals surface area contributed by atoms with Gasteiger partial charge in [-0.05, 0) is 17.7 Å². The van der Waals surface area contributed by atoms with Crippen LogP contribution in [0.1, 0.15) is 23.1 Å². The largest absolute Gasteiger partial charge is 0.480 e. The lowest BCUT2D eigenvalue weighted by Crippen LogP contribution is -2.48. The molecule has 0 heterocycles. The molecule has 120 valence electrons. The van der Waals surface area contributed by atoms with Gasteiger partial charge in [0, 0.05) is 0 Å². The molecule has 0 aliphatic rings. The van der Waals surface area contributed by atoms with E-state index in [9.17, 15) is 31.1 Å². The molecule has 1 unspecified atom stereocenters. The summed E-state index contributed by atoms with van der Waals surface area (Å²) in [7, 11) is 0. The van der Waals surface area contributed by atoms with Gasteiger partial charge >= 0.3 is 18.3 Å². The van der Waals surface area contributed by atoms with Crippen LogP contribution in [0.25, 0.3) is 0 Å². The van der Waals surface area contributed by atoms with E-state index in [0.717, 1.165) is 0 Å². The van der Waals surface area contributed by atoms with Gasteiger partial charge < -0.3 is 10.8 Å². The van der Waals surface area contributed by atoms with Crippen LogP contribution in [0.2, 0.25) is 0 Å². The van der Waals surface area contributed by atoms with Crippen LogP contribution in [-0.2, 0) is 16.5 Å². The zero-order valence-electron chi connectivity index (χ0n) is 10.6. The molecule has 0 radical (unpaired) electrons. The number of nitrogens with two attached hydrogens (primary N) is 1. The van der Waals surface area contributed by atoms with E-state index in [-0.39, 0.29) is 6.07 Å². The van der Waals surface area contributed by atoms with Gasteiger partial charge in [0.15, 0.2) is 0 Å². The third kappa shape index (κ3) is 3.67. The lowest BCUT2D eigenvalue weighted by Gasteiger charge is -2.27. The topological polar surface area (TPSA) is 87.1 Å². The van der Waals surface area contributed by atoms with Gasteiger partial charge in [-0.15, -0.1) is 0 Å². The molecule has 1 atom stereocenters. The summed E-state index contributed by atoms with van der Waals surface area (Å²) in [4.78, 5) is 11.0. The average Bonchev–Trinajstić information content (AvgIpc) is 2.34. The van der Waals surface area contributed by atoms with Crippen molar-refractivity contribution in [3.8, 4) is 6.07 Å². The molecule has 3 N–H and O–H groups in total. The zero-order valence-corrected chi connectivity index (χ0v) is 10.6. The first-order chi connectivity index (χ1) is 9.81. The van der Waals surface area contributed by atoms with Crippen LogP contribution in [0.4, 0.5) is 26.3 Å². The summed E-state index contributed by atoms with van der Waals surface area (Å²) in [5.41, 5.74) is -1.21. The second-order valence-corrected chi connectivity index (χ2v) is 4.44. The molecule has 0 saturated heterocycles. The Morgan fingerprint density at radius 2 is 1.77 bits per heavy atom. The average molecular weight is 326 g/mol. The van der Waals surface area contributed by atoms with Crippen molar-refractivity contribution >= 4 is 5.97 Å². The fourth-order valence-electron chi connectivity index (χ4n) is 1.77. The van der Waals surface area contributed by atoms with Gasteiger partial charge in [-0.2, -0.15) is 31.6 Å². The molecule has 0 aromatic heterocycles. The first kappa shape index (κ1) is 17.8. The molecule has 1 rings (SSSR count). The van der Waals surface area contributed by atoms with Gasteiger partial charge in [0.1, 0.15) is 5.54 Å². The summed E-state index contributed by atoms with van der Waals surface area (Å²) in [5.74, 6) is -2.14. The van der Waals surface area contributed by atoms with E-state index in [1.807, 2.05) is 0 Å². The molecular formula is C12H8F6N2O2. The van der Waals surface area contributed by atoms with E-state index in [1.165, 1.54) is 6.07 Å². The molecular weight excluding hydrogens is 318 g/mol. The van der Waals surface area contributed by atoms with Crippen molar-refractivity contribution in [1.82, 2.24) is 0 Å². The van der Waals surface area contributed by atoms with Crippen molar-refractivity contribution in [3.63, 3.8) is 0 Å². The number of carboxylic acid groups (broad SMARTS) is 1. The lowest BCUT2D eigenvalue weighted by molar-refractivity contribution is -0.168. The molecule has 0 spiro atoms. The van der Waals surface area contributed by atoms with E-state index in [1.54, 1.807) is 0 Å². The first-order valence-corrected chi connectivity index (χ1v) is 5.52. The van der Waals surface area contributed by atoms with Gasteiger partial charge in [0.05, 0.1) is 23.6 Å². The highest BCUT2D eigenvalue weighted by atomic mass is 19.4. The number of alkyl halides is 6. The van der Waals surface area contributed by atoms with Crippen LogP contribution in [-0.4, -0.2) is 17.3 Å². The number of hydrogen-bond donors (Lipinski definition) is 2. The van der Waals surface area contributed by atoms with E-state index in [4.69, 9.17) is 16.1 Å². The summed E-state index contributed by atoms with van der Waals surface area (Å²) < 4.78 is 75.7. The molecule has 0 amide bonds. The van der Waals surface area contributed by atoms with Gasteiger partial charge in [-0.25, -0.2) is 4.79 Å². The maximum atomic E-state index is 12.8. The third-order valence-corrected chi connectivity index (χ3v) is 2.82. The van der Waals surface area contributed by atoms with Crippen LogP contribution < -0.4 is 5.73 Å². The number of nitriles is 1. The minimum absolute atomic E-state index is 0.151. The number of benzene rings is 1. The Balaban J connectivity index is 3.53. The number of rotatable bonds is 3. The molecule has 1 aromatic carbocycles. The van der Waals surface area contributed by atoms with Crippen LogP contribution in [0, 0.1) is 11.3 Å². The van der Waals surface area contributed by atoms with Gasteiger partial charge in [0.2, 0.25) is 0 Å². The Morgan fingerprint density at radius 3 is 2.14 bits per heavy atom. The van der Waals surface area contributed by atoms with E-state index in [0.29, 0.717) is 12.1 Å². The number of hydrogen-bond acceptors (Lipinski definition) is 3. The van der Waals surface area contributed by atoms with Crippen LogP contribution >= 0.6 is 0 Å². The Hall–Kier alpha value is -2.28. The Bertz CT molecular complexity index is 632. The van der Waals surface area contributed by atoms with Crippen molar-refractivity contribution in [3.05, 3.63) is 34.9 Å². The van der Waals surface area contributed by atoms with Crippen molar-refractivity contribution in [2.45, 2.75) is 24.3 Å². The zero-order chi connectivity index (χ0) is 17.3. The molecule has 0 fully saturated rings. The number of nitrogens with zero attached hydrogens (tertiary/aromatic N) is 1. The highest BCUT2D eigenvalue weighted by Gasteiger charge is 2.47. The summed E-state index contributed by atoms with van der Waals surface area (Å²) >= 11 is 0. The van der Waals surface area contributed by atoms with Crippen molar-refractivity contribution < 1.29 is 36.2 Å². The third-order valence-electron chi connectivity index (χ3n) is 2.82. The maximum Gasteiger partial charge on any atom is 0.417 e. The molecule has 0 saturated carbocycles. The molecule has 0 bridgehead atoms. The SMILES string of the molecule is N#Cc1ccc(C(N)(CC(F)(F)F)C(=O)O)cc1C(F)(F)F. The van der Waals surface area contributed by atoms with Crippen LogP contribution in [0.5, 0.6) is 0 Å². The van der Waals surface area contributed by atoms with Crippen molar-refractivity contribution in [1.29, 1.82) is 5.26 Å². The Kier molecular flexibility index (Phi) is 4.43. The monoisotopic (exact) mass is 326 g/mol. The smallest absolute Gasteiger partial charge is 0.417 e. The predicted octanol–water partition coefficient (Wildman–Crippen LogP) is 2.77. The lowest BCUT2D eigenvalue weighted by atomic mass is 9.85. The minimum atomic E-state index is -5.04. The first-order valence-electron chi connectivity index (χ1n) is 5.52. The molecule has 0 aliphatic heterocycles. The summed E-state index contributed by atoms with van der Waals surface area (Å²) in [6.45, 7) is 0. The van der Waals surface area contributed by atoms with E-state index in [2.05, 4.69) is 0 Å². The van der Waals surface area contributed by atoms with Gasteiger partial charge in [-0.3, -0.25) is 0 Å². The summed E-state index contributed by atoms with van der Waals surface area (Å²) in [5, 5.41) is 17.5. The second-order valence-electron chi connectivity index (χ2n) is 4.44. The molecule has 0 aliphatic carbocycles.